The van der Waals surface area contributed by atoms with Crippen LogP contribution in [0.2, 0.25) is 0 Å². The first kappa shape index (κ1) is 19.4. The molecule has 0 aromatic heterocycles. The summed E-state index contributed by atoms with van der Waals surface area (Å²) in [6.07, 6.45) is -5.12. The summed E-state index contributed by atoms with van der Waals surface area (Å²) in [5.41, 5.74) is 0. The van der Waals surface area contributed by atoms with E-state index in [0.717, 1.165) is 0 Å². The largest absolute Gasteiger partial charge is 0.457 e. The Morgan fingerprint density at radius 1 is 1.46 bits per heavy atom. The molecule has 2 rings (SSSR count). The molecule has 10 nitrogen and oxygen atoms in total. The highest BCUT2D eigenvalue weighted by Gasteiger charge is 2.58. The molecular formula is C12H17NO9S2. The number of carbonyl (C=O) groups is 1. The van der Waals surface area contributed by atoms with Crippen LogP contribution in [0.25, 0.3) is 0 Å². The third kappa shape index (κ3) is 4.79. The number of hydrogen-bond donors (Lipinski definition) is 1. The van der Waals surface area contributed by atoms with Crippen molar-refractivity contribution in [1.82, 2.24) is 0 Å². The highest BCUT2D eigenvalue weighted by molar-refractivity contribution is 8.03. The molecule has 0 bridgehead atoms. The molecule has 5 atom stereocenters. The predicted molar refractivity (Wildman–Crippen MR) is 78.7 cm³/mol. The van der Waals surface area contributed by atoms with E-state index in [-0.39, 0.29) is 5.75 Å². The van der Waals surface area contributed by atoms with Crippen LogP contribution in [0, 0.1) is 10.7 Å². The highest BCUT2D eigenvalue weighted by Crippen LogP contribution is 2.40. The Morgan fingerprint density at radius 2 is 2.12 bits per heavy atom. The molecule has 0 unspecified atom stereocenters. The maximum Gasteiger partial charge on any atom is 0.397 e. The van der Waals surface area contributed by atoms with Crippen LogP contribution in [0.4, 0.5) is 0 Å². The fourth-order valence-electron chi connectivity index (χ4n) is 2.58. The molecule has 0 aromatic carbocycles. The molecule has 2 aliphatic heterocycles. The molecule has 0 spiro atoms. The Labute approximate surface area is 143 Å². The Morgan fingerprint density at radius 3 is 2.67 bits per heavy atom. The smallest absolute Gasteiger partial charge is 0.397 e. The minimum atomic E-state index is -4.81. The van der Waals surface area contributed by atoms with Crippen molar-refractivity contribution in [2.75, 3.05) is 5.75 Å². The third-order valence-electron chi connectivity index (χ3n) is 3.25. The van der Waals surface area contributed by atoms with E-state index in [1.807, 2.05) is 0 Å². The number of carbonyl (C=O) groups excluding carboxylic acids is 1. The van der Waals surface area contributed by atoms with Crippen molar-refractivity contribution >= 4 is 28.1 Å². The van der Waals surface area contributed by atoms with Gasteiger partial charge in [0.05, 0.1) is 0 Å². The van der Waals surface area contributed by atoms with Crippen LogP contribution in [0.15, 0.2) is 0 Å². The highest BCUT2D eigenvalue weighted by atomic mass is 32.3. The van der Waals surface area contributed by atoms with Gasteiger partial charge in [0.2, 0.25) is 0 Å². The van der Waals surface area contributed by atoms with Gasteiger partial charge in [-0.2, -0.15) is 13.7 Å². The number of esters is 1. The van der Waals surface area contributed by atoms with Gasteiger partial charge in [0.25, 0.3) is 0 Å². The maximum absolute atomic E-state index is 11.4. The molecule has 2 aliphatic rings. The number of rotatable bonds is 6. The summed E-state index contributed by atoms with van der Waals surface area (Å²) in [6.45, 7) is 4.46. The van der Waals surface area contributed by atoms with Crippen LogP contribution >= 0.6 is 11.8 Å². The van der Waals surface area contributed by atoms with Crippen LogP contribution in [0.5, 0.6) is 0 Å². The van der Waals surface area contributed by atoms with Gasteiger partial charge in [-0.05, 0) is 25.6 Å². The first-order valence-electron chi connectivity index (χ1n) is 6.87. The Kier molecular flexibility index (Phi) is 5.75. The number of ether oxygens (including phenoxy) is 4. The molecule has 0 saturated carbocycles. The zero-order valence-corrected chi connectivity index (χ0v) is 14.7. The van der Waals surface area contributed by atoms with E-state index in [9.17, 15) is 13.2 Å². The zero-order valence-electron chi connectivity index (χ0n) is 13.1. The molecule has 0 radical (unpaired) electrons. The summed E-state index contributed by atoms with van der Waals surface area (Å²) in [7, 11) is -4.81. The van der Waals surface area contributed by atoms with E-state index in [1.54, 1.807) is 19.2 Å². The van der Waals surface area contributed by atoms with Crippen molar-refractivity contribution in [2.24, 2.45) is 0 Å². The minimum Gasteiger partial charge on any atom is -0.457 e. The van der Waals surface area contributed by atoms with Crippen LogP contribution in [-0.2, 0) is 38.3 Å². The normalized spacial score (nSPS) is 32.8. The number of fused-ring (bicyclic) bond motifs is 1. The monoisotopic (exact) mass is 383 g/mol. The molecule has 24 heavy (non-hydrogen) atoms. The molecule has 2 saturated heterocycles. The molecule has 0 aromatic rings. The molecule has 2 heterocycles. The molecule has 0 amide bonds. The van der Waals surface area contributed by atoms with Gasteiger partial charge < -0.3 is 18.9 Å². The van der Waals surface area contributed by atoms with Gasteiger partial charge in [-0.3, -0.25) is 9.35 Å². The van der Waals surface area contributed by atoms with Crippen molar-refractivity contribution < 1.29 is 40.9 Å². The second kappa shape index (κ2) is 7.12. The van der Waals surface area contributed by atoms with E-state index < -0.39 is 52.9 Å². The Balaban J connectivity index is 2.24. The SMILES string of the molecule is CC(=O)O[C@@H]1[C@H]2OC(C)(C)O[C@H]2O[C@@H]1[C@@H](CSC#N)OS(=O)(=O)O. The van der Waals surface area contributed by atoms with Crippen LogP contribution in [-0.4, -0.2) is 61.2 Å². The summed E-state index contributed by atoms with van der Waals surface area (Å²) < 4.78 is 57.6. The summed E-state index contributed by atoms with van der Waals surface area (Å²) in [6, 6.07) is 0. The van der Waals surface area contributed by atoms with E-state index >= 15 is 0 Å². The summed E-state index contributed by atoms with van der Waals surface area (Å²) in [4.78, 5) is 11.4. The quantitative estimate of drug-likeness (QED) is 0.382. The van der Waals surface area contributed by atoms with E-state index in [0.29, 0.717) is 11.8 Å². The summed E-state index contributed by atoms with van der Waals surface area (Å²) >= 11 is 0.695. The van der Waals surface area contributed by atoms with Gasteiger partial charge in [0.15, 0.2) is 24.3 Å². The second-order valence-electron chi connectivity index (χ2n) is 5.61. The lowest BCUT2D eigenvalue weighted by Crippen LogP contribution is -2.46. The van der Waals surface area contributed by atoms with Gasteiger partial charge in [-0.1, -0.05) is 0 Å². The molecule has 1 N–H and O–H groups in total. The first-order valence-corrected chi connectivity index (χ1v) is 9.22. The standard InChI is InChI=1S/C12H17NO9S2/c1-6(14)18-9-8(7(4-23-5-13)22-24(15,16)17)19-11-10(9)20-12(2,3)21-11/h7-11H,4H2,1-3H3,(H,15,16,17)/t7-,8-,9+,10-,11-/m1/s1. The lowest BCUT2D eigenvalue weighted by molar-refractivity contribution is -0.226. The first-order chi connectivity index (χ1) is 11.0. The number of thioether (sulfide) groups is 1. The van der Waals surface area contributed by atoms with Gasteiger partial charge in [0.1, 0.15) is 17.6 Å². The summed E-state index contributed by atoms with van der Waals surface area (Å²) in [5, 5.41) is 10.4. The molecule has 2 fully saturated rings. The second-order valence-corrected chi connectivity index (χ2v) is 7.46. The lowest BCUT2D eigenvalue weighted by atomic mass is 10.1. The minimum absolute atomic E-state index is 0.151. The van der Waals surface area contributed by atoms with Crippen molar-refractivity contribution in [3.63, 3.8) is 0 Å². The number of hydrogen-bond acceptors (Lipinski definition) is 10. The molecular weight excluding hydrogens is 366 g/mol. The number of nitriles is 1. The van der Waals surface area contributed by atoms with Gasteiger partial charge in [0, 0.05) is 12.7 Å². The van der Waals surface area contributed by atoms with Gasteiger partial charge in [-0.15, -0.1) is 0 Å². The third-order valence-corrected chi connectivity index (χ3v) is 4.37. The average molecular weight is 383 g/mol. The van der Waals surface area contributed by atoms with Crippen LogP contribution in [0.1, 0.15) is 20.8 Å². The number of thiocyanates is 1. The van der Waals surface area contributed by atoms with E-state index in [2.05, 4.69) is 4.18 Å². The van der Waals surface area contributed by atoms with Crippen molar-refractivity contribution in [2.45, 2.75) is 57.3 Å². The summed E-state index contributed by atoms with van der Waals surface area (Å²) in [5.74, 6) is -1.76. The van der Waals surface area contributed by atoms with Crippen LogP contribution < -0.4 is 0 Å². The fourth-order valence-corrected chi connectivity index (χ4v) is 3.65. The predicted octanol–water partition coefficient (Wildman–Crippen LogP) is 0.197. The Hall–Kier alpha value is -0.940. The molecule has 12 heteroatoms. The van der Waals surface area contributed by atoms with Crippen molar-refractivity contribution in [3.05, 3.63) is 0 Å². The van der Waals surface area contributed by atoms with Crippen LogP contribution in [0.3, 0.4) is 0 Å². The average Bonchev–Trinajstić information content (AvgIpc) is 2.86. The molecule has 136 valence electrons. The maximum atomic E-state index is 11.4. The van der Waals surface area contributed by atoms with E-state index in [4.69, 9.17) is 28.8 Å². The van der Waals surface area contributed by atoms with Crippen molar-refractivity contribution in [1.29, 1.82) is 5.26 Å². The fraction of sp³-hybridized carbons (Fsp3) is 0.833. The lowest BCUT2D eigenvalue weighted by Gasteiger charge is -2.29. The van der Waals surface area contributed by atoms with Gasteiger partial charge >= 0.3 is 16.4 Å². The number of nitrogens with zero attached hydrogens (tertiary/aromatic N) is 1. The molecule has 0 aliphatic carbocycles. The van der Waals surface area contributed by atoms with Crippen molar-refractivity contribution in [3.8, 4) is 5.40 Å². The van der Waals surface area contributed by atoms with E-state index in [1.165, 1.54) is 6.92 Å². The zero-order chi connectivity index (χ0) is 18.1. The Bertz CT molecular complexity index is 629. The topological polar surface area (TPSA) is 141 Å². The van der Waals surface area contributed by atoms with Gasteiger partial charge in [-0.25, -0.2) is 4.18 Å².